The monoisotopic (exact) mass is 527 g/mol. The number of methoxy groups -OCH3 is 1. The minimum atomic E-state index is -0.312. The number of ether oxygens (including phenoxy) is 3. The normalized spacial score (nSPS) is 11.8. The number of aromatic nitrogens is 4. The number of fused-ring (bicyclic) bond motifs is 1. The van der Waals surface area contributed by atoms with Crippen LogP contribution in [0.5, 0.6) is 17.4 Å². The molecule has 2 aromatic heterocycles. The van der Waals surface area contributed by atoms with E-state index in [1.165, 1.54) is 9.20 Å². The van der Waals surface area contributed by atoms with Gasteiger partial charge in [-0.05, 0) is 50.2 Å². The van der Waals surface area contributed by atoms with Crippen molar-refractivity contribution < 1.29 is 24.1 Å². The third-order valence-electron chi connectivity index (χ3n) is 6.44. The molecular weight excluding hydrogens is 486 g/mol. The molecule has 2 N–H and O–H groups in total. The summed E-state index contributed by atoms with van der Waals surface area (Å²) in [6.07, 6.45) is 3.05. The highest BCUT2D eigenvalue weighted by Gasteiger charge is 2.25. The summed E-state index contributed by atoms with van der Waals surface area (Å²) in [7, 11) is 1.59. The zero-order valence-corrected chi connectivity index (χ0v) is 23.6. The molecule has 38 heavy (non-hydrogen) atoms. The van der Waals surface area contributed by atoms with Crippen molar-refractivity contribution in [3.8, 4) is 17.4 Å². The van der Waals surface area contributed by atoms with Crippen molar-refractivity contribution in [1.82, 2.24) is 19.4 Å². The Morgan fingerprint density at radius 3 is 2.45 bits per heavy atom. The van der Waals surface area contributed by atoms with E-state index in [2.05, 4.69) is 24.0 Å². The van der Waals surface area contributed by atoms with Gasteiger partial charge < -0.3 is 19.3 Å². The van der Waals surface area contributed by atoms with Gasteiger partial charge >= 0.3 is 0 Å². The second-order valence-corrected chi connectivity index (χ2v) is 10.4. The fourth-order valence-corrected chi connectivity index (χ4v) is 4.19. The first-order chi connectivity index (χ1) is 18.0. The van der Waals surface area contributed by atoms with E-state index < -0.39 is 0 Å². The van der Waals surface area contributed by atoms with E-state index in [4.69, 9.17) is 24.7 Å². The molecule has 0 aliphatic heterocycles. The molecule has 10 heteroatoms. The number of aliphatic hydroxyl groups excluding tert-OH is 1. The quantitative estimate of drug-likeness (QED) is 0.252. The molecule has 0 saturated heterocycles. The molecule has 2 heterocycles. The fourth-order valence-electron chi connectivity index (χ4n) is 4.19. The lowest BCUT2D eigenvalue weighted by atomic mass is 9.84. The number of nitrogens with one attached hydrogen (secondary N) is 1. The Kier molecular flexibility index (Phi) is 9.54. The van der Waals surface area contributed by atoms with Gasteiger partial charge in [0.2, 0.25) is 11.5 Å². The summed E-state index contributed by atoms with van der Waals surface area (Å²) in [4.78, 5) is 13.5. The Hall–Kier alpha value is -3.40. The van der Waals surface area contributed by atoms with Gasteiger partial charge in [0.15, 0.2) is 22.9 Å². The molecule has 3 aromatic rings. The van der Waals surface area contributed by atoms with Crippen LogP contribution in [0.2, 0.25) is 0 Å². The third-order valence-corrected chi connectivity index (χ3v) is 6.44. The Labute approximate surface area is 224 Å². The van der Waals surface area contributed by atoms with Gasteiger partial charge in [-0.15, -0.1) is 10.2 Å². The molecule has 0 amide bonds. The van der Waals surface area contributed by atoms with Gasteiger partial charge in [0.1, 0.15) is 6.54 Å². The average Bonchev–Trinajstić information content (AvgIpc) is 3.19. The summed E-state index contributed by atoms with van der Waals surface area (Å²) in [6, 6.07) is 5.32. The molecule has 0 saturated carbocycles. The molecule has 0 unspecified atom stereocenters. The predicted octanol–water partition coefficient (Wildman–Crippen LogP) is 4.23. The molecule has 0 aliphatic rings. The van der Waals surface area contributed by atoms with Gasteiger partial charge in [0.25, 0.3) is 0 Å². The Bertz CT molecular complexity index is 1320. The van der Waals surface area contributed by atoms with E-state index in [9.17, 15) is 4.79 Å². The topological polar surface area (TPSA) is 124 Å². The summed E-state index contributed by atoms with van der Waals surface area (Å²) in [5.41, 5.74) is 2.26. The van der Waals surface area contributed by atoms with Crippen LogP contribution in [0.25, 0.3) is 5.65 Å². The Balaban J connectivity index is 1.97. The lowest BCUT2D eigenvalue weighted by Gasteiger charge is -2.25. The van der Waals surface area contributed by atoms with Crippen molar-refractivity contribution in [1.29, 1.82) is 5.41 Å². The number of aliphatic hydroxyl groups is 1. The standard InChI is InChI=1S/C28H41N5O5/c1-8-20(9-2)38-24-14-18(3)26-31-32(27(29)33(26)30-24)17-22(35)19-15-21(28(4,5)6)25(36-7)23(16-19)37-13-11-10-12-34/h14-16,20,29,34H,8-13,17H2,1-7H3. The molecule has 0 spiro atoms. The number of benzene rings is 1. The number of unbranched alkanes of at least 4 members (excludes halogenated alkanes) is 1. The number of Topliss-reactive ketones (excluding diaryl/α,β-unsaturated/α-hetero) is 1. The molecule has 0 radical (unpaired) electrons. The second kappa shape index (κ2) is 12.4. The van der Waals surface area contributed by atoms with Crippen molar-refractivity contribution >= 4 is 11.4 Å². The largest absolute Gasteiger partial charge is 0.493 e. The number of hydrogen-bond acceptors (Lipinski definition) is 8. The van der Waals surface area contributed by atoms with Crippen LogP contribution in [0.4, 0.5) is 0 Å². The van der Waals surface area contributed by atoms with Crippen LogP contribution < -0.4 is 19.8 Å². The molecule has 208 valence electrons. The van der Waals surface area contributed by atoms with Crippen LogP contribution in [-0.2, 0) is 12.0 Å². The third kappa shape index (κ3) is 6.53. The first-order valence-corrected chi connectivity index (χ1v) is 13.2. The number of ketones is 1. The molecular formula is C28H41N5O5. The van der Waals surface area contributed by atoms with E-state index in [0.717, 1.165) is 24.0 Å². The van der Waals surface area contributed by atoms with Crippen molar-refractivity contribution in [3.63, 3.8) is 0 Å². The zero-order valence-electron chi connectivity index (χ0n) is 23.6. The minimum Gasteiger partial charge on any atom is -0.493 e. The molecule has 1 aromatic carbocycles. The smallest absolute Gasteiger partial charge is 0.242 e. The number of carbonyl (C=O) groups excluding carboxylic acids is 1. The molecule has 10 nitrogen and oxygen atoms in total. The van der Waals surface area contributed by atoms with Crippen LogP contribution in [0.1, 0.15) is 81.8 Å². The molecule has 0 atom stereocenters. The number of carbonyl (C=O) groups is 1. The van der Waals surface area contributed by atoms with Crippen molar-refractivity contribution in [2.75, 3.05) is 20.3 Å². The van der Waals surface area contributed by atoms with Crippen LogP contribution >= 0.6 is 0 Å². The maximum absolute atomic E-state index is 13.5. The fraction of sp³-hybridized carbons (Fsp3) is 0.571. The molecule has 0 aliphatic carbocycles. The van der Waals surface area contributed by atoms with E-state index in [1.54, 1.807) is 13.2 Å². The number of nitrogens with zero attached hydrogens (tertiary/aromatic N) is 4. The van der Waals surface area contributed by atoms with E-state index >= 15 is 0 Å². The Morgan fingerprint density at radius 1 is 1.13 bits per heavy atom. The average molecular weight is 528 g/mol. The number of rotatable bonds is 13. The zero-order chi connectivity index (χ0) is 28.0. The highest BCUT2D eigenvalue weighted by Crippen LogP contribution is 2.40. The van der Waals surface area contributed by atoms with Crippen molar-refractivity contribution in [3.05, 3.63) is 40.5 Å². The highest BCUT2D eigenvalue weighted by atomic mass is 16.5. The minimum absolute atomic E-state index is 0.0171. The van der Waals surface area contributed by atoms with Gasteiger partial charge in [0.05, 0.1) is 19.8 Å². The van der Waals surface area contributed by atoms with Crippen LogP contribution in [0.15, 0.2) is 18.2 Å². The summed E-state index contributed by atoms with van der Waals surface area (Å²) < 4.78 is 20.4. The maximum Gasteiger partial charge on any atom is 0.242 e. The first-order valence-electron chi connectivity index (χ1n) is 13.2. The van der Waals surface area contributed by atoms with Gasteiger partial charge in [0, 0.05) is 29.4 Å². The lowest BCUT2D eigenvalue weighted by Crippen LogP contribution is -2.27. The van der Waals surface area contributed by atoms with Crippen LogP contribution in [0.3, 0.4) is 0 Å². The highest BCUT2D eigenvalue weighted by molar-refractivity contribution is 5.97. The van der Waals surface area contributed by atoms with Gasteiger partial charge in [-0.3, -0.25) is 10.2 Å². The van der Waals surface area contributed by atoms with E-state index in [0.29, 0.717) is 48.0 Å². The van der Waals surface area contributed by atoms with Crippen LogP contribution in [-0.4, -0.2) is 56.7 Å². The predicted molar refractivity (Wildman–Crippen MR) is 144 cm³/mol. The number of hydrogen-bond donors (Lipinski definition) is 2. The summed E-state index contributed by atoms with van der Waals surface area (Å²) >= 11 is 0. The van der Waals surface area contributed by atoms with Crippen LogP contribution in [0, 0.1) is 12.3 Å². The van der Waals surface area contributed by atoms with Gasteiger partial charge in [-0.2, -0.15) is 4.52 Å². The maximum atomic E-state index is 13.5. The summed E-state index contributed by atoms with van der Waals surface area (Å²) in [5.74, 6) is 1.28. The summed E-state index contributed by atoms with van der Waals surface area (Å²) in [6.45, 7) is 12.5. The molecule has 3 rings (SSSR count). The summed E-state index contributed by atoms with van der Waals surface area (Å²) in [5, 5.41) is 26.7. The lowest BCUT2D eigenvalue weighted by molar-refractivity contribution is 0.0964. The number of aryl methyl sites for hydroxylation is 1. The Morgan fingerprint density at radius 2 is 1.84 bits per heavy atom. The van der Waals surface area contributed by atoms with Crippen molar-refractivity contribution in [2.45, 2.75) is 85.3 Å². The van der Waals surface area contributed by atoms with E-state index in [1.807, 2.05) is 39.8 Å². The van der Waals surface area contributed by atoms with Gasteiger partial charge in [-0.1, -0.05) is 34.6 Å². The van der Waals surface area contributed by atoms with E-state index in [-0.39, 0.29) is 36.1 Å². The second-order valence-electron chi connectivity index (χ2n) is 10.4. The first kappa shape index (κ1) is 29.2. The molecule has 0 bridgehead atoms. The SMILES string of the molecule is CCC(CC)Oc1cc(C)c2nn(CC(=O)c3cc(OCCCCO)c(OC)c(C(C)(C)C)c3)c(=N)n2n1. The van der Waals surface area contributed by atoms with Crippen molar-refractivity contribution in [2.24, 2.45) is 0 Å². The van der Waals surface area contributed by atoms with Gasteiger partial charge in [-0.25, -0.2) is 4.68 Å². The molecule has 0 fully saturated rings.